The first-order chi connectivity index (χ1) is 6.77. The molecule has 2 rings (SSSR count). The largest absolute Gasteiger partial charge is 0.368 e. The van der Waals surface area contributed by atoms with Crippen LogP contribution in [0.3, 0.4) is 0 Å². The Morgan fingerprint density at radius 1 is 1.64 bits per heavy atom. The highest BCUT2D eigenvalue weighted by molar-refractivity contribution is 5.20. The molecule has 1 aliphatic heterocycles. The summed E-state index contributed by atoms with van der Waals surface area (Å²) in [6.45, 7) is 3.31. The number of aromatic nitrogens is 2. The van der Waals surface area contributed by atoms with Crippen LogP contribution >= 0.6 is 0 Å². The molecular formula is C10H16N4. The molecule has 1 aromatic rings. The Morgan fingerprint density at radius 3 is 3.14 bits per heavy atom. The predicted molar refractivity (Wildman–Crippen MR) is 55.9 cm³/mol. The van der Waals surface area contributed by atoms with E-state index in [4.69, 9.17) is 5.73 Å². The quantitative estimate of drug-likeness (QED) is 0.731. The van der Waals surface area contributed by atoms with Crippen LogP contribution in [-0.4, -0.2) is 22.6 Å². The molecule has 4 nitrogen and oxygen atoms in total. The number of nitrogens with one attached hydrogen (secondary N) is 1. The van der Waals surface area contributed by atoms with E-state index in [0.717, 1.165) is 12.2 Å². The van der Waals surface area contributed by atoms with Gasteiger partial charge in [-0.3, -0.25) is 0 Å². The number of anilines is 1. The molecule has 76 valence electrons. The molecule has 1 aromatic heterocycles. The molecule has 1 aliphatic rings. The SMILES string of the molecule is C[C@H](c1ccnc(N)n1)[C@@H]1CCCN1. The zero-order chi connectivity index (χ0) is 9.97. The van der Waals surface area contributed by atoms with Gasteiger partial charge in [-0.25, -0.2) is 9.97 Å². The molecule has 0 spiro atoms. The summed E-state index contributed by atoms with van der Waals surface area (Å²) in [4.78, 5) is 8.14. The average molecular weight is 192 g/mol. The molecule has 0 amide bonds. The summed E-state index contributed by atoms with van der Waals surface area (Å²) >= 11 is 0. The molecule has 0 aromatic carbocycles. The Balaban J connectivity index is 2.13. The van der Waals surface area contributed by atoms with Gasteiger partial charge in [-0.1, -0.05) is 6.92 Å². The second-order valence-corrected chi connectivity index (χ2v) is 3.83. The van der Waals surface area contributed by atoms with Gasteiger partial charge in [0.05, 0.1) is 5.69 Å². The fourth-order valence-electron chi connectivity index (χ4n) is 1.99. The summed E-state index contributed by atoms with van der Waals surface area (Å²) in [6.07, 6.45) is 4.21. The lowest BCUT2D eigenvalue weighted by molar-refractivity contribution is 0.508. The maximum atomic E-state index is 5.55. The number of nitrogen functional groups attached to an aromatic ring is 1. The van der Waals surface area contributed by atoms with Crippen LogP contribution in [0.2, 0.25) is 0 Å². The first kappa shape index (κ1) is 9.40. The van der Waals surface area contributed by atoms with Crippen LogP contribution < -0.4 is 11.1 Å². The third-order valence-electron chi connectivity index (χ3n) is 2.86. The lowest BCUT2D eigenvalue weighted by Crippen LogP contribution is -2.27. The zero-order valence-electron chi connectivity index (χ0n) is 8.40. The summed E-state index contributed by atoms with van der Waals surface area (Å²) in [7, 11) is 0. The summed E-state index contributed by atoms with van der Waals surface area (Å²) in [5, 5.41) is 3.47. The van der Waals surface area contributed by atoms with Gasteiger partial charge in [0, 0.05) is 18.2 Å². The van der Waals surface area contributed by atoms with Gasteiger partial charge in [0.2, 0.25) is 5.95 Å². The first-order valence-corrected chi connectivity index (χ1v) is 5.09. The minimum absolute atomic E-state index is 0.368. The van der Waals surface area contributed by atoms with E-state index in [1.807, 2.05) is 6.07 Å². The van der Waals surface area contributed by atoms with Crippen molar-refractivity contribution in [3.63, 3.8) is 0 Å². The lowest BCUT2D eigenvalue weighted by Gasteiger charge is -2.18. The van der Waals surface area contributed by atoms with Crippen molar-refractivity contribution in [1.82, 2.24) is 15.3 Å². The zero-order valence-corrected chi connectivity index (χ0v) is 8.40. The van der Waals surface area contributed by atoms with Gasteiger partial charge >= 0.3 is 0 Å². The van der Waals surface area contributed by atoms with Crippen LogP contribution in [0.25, 0.3) is 0 Å². The Labute approximate surface area is 83.9 Å². The van der Waals surface area contributed by atoms with Gasteiger partial charge < -0.3 is 11.1 Å². The Morgan fingerprint density at radius 2 is 2.50 bits per heavy atom. The molecule has 14 heavy (non-hydrogen) atoms. The van der Waals surface area contributed by atoms with Crippen LogP contribution in [-0.2, 0) is 0 Å². The third-order valence-corrected chi connectivity index (χ3v) is 2.86. The number of hydrogen-bond acceptors (Lipinski definition) is 4. The van der Waals surface area contributed by atoms with Gasteiger partial charge in [0.25, 0.3) is 0 Å². The van der Waals surface area contributed by atoms with E-state index in [9.17, 15) is 0 Å². The lowest BCUT2D eigenvalue weighted by atomic mass is 9.97. The van der Waals surface area contributed by atoms with Crippen molar-refractivity contribution in [2.45, 2.75) is 31.7 Å². The van der Waals surface area contributed by atoms with E-state index >= 15 is 0 Å². The second-order valence-electron chi connectivity index (χ2n) is 3.83. The molecule has 0 aliphatic carbocycles. The number of nitrogens with two attached hydrogens (primary N) is 1. The molecule has 1 fully saturated rings. The van der Waals surface area contributed by atoms with Crippen LogP contribution in [0.4, 0.5) is 5.95 Å². The van der Waals surface area contributed by atoms with Crippen molar-refractivity contribution < 1.29 is 0 Å². The molecule has 3 N–H and O–H groups in total. The fraction of sp³-hybridized carbons (Fsp3) is 0.600. The summed E-state index contributed by atoms with van der Waals surface area (Å²) < 4.78 is 0. The van der Waals surface area contributed by atoms with E-state index < -0.39 is 0 Å². The molecule has 0 saturated carbocycles. The van der Waals surface area contributed by atoms with Crippen molar-refractivity contribution in [3.05, 3.63) is 18.0 Å². The maximum absolute atomic E-state index is 5.55. The Kier molecular flexibility index (Phi) is 2.63. The molecule has 2 atom stereocenters. The van der Waals surface area contributed by atoms with Crippen molar-refractivity contribution in [2.24, 2.45) is 0 Å². The highest BCUT2D eigenvalue weighted by Gasteiger charge is 2.23. The topological polar surface area (TPSA) is 63.8 Å². The van der Waals surface area contributed by atoms with Crippen molar-refractivity contribution in [2.75, 3.05) is 12.3 Å². The van der Waals surface area contributed by atoms with E-state index in [1.54, 1.807) is 6.20 Å². The fourth-order valence-corrected chi connectivity index (χ4v) is 1.99. The van der Waals surface area contributed by atoms with Gasteiger partial charge in [0.15, 0.2) is 0 Å². The maximum Gasteiger partial charge on any atom is 0.220 e. The van der Waals surface area contributed by atoms with Crippen LogP contribution in [0.5, 0.6) is 0 Å². The first-order valence-electron chi connectivity index (χ1n) is 5.09. The summed E-state index contributed by atoms with van der Waals surface area (Å²) in [5.74, 6) is 0.787. The monoisotopic (exact) mass is 192 g/mol. The van der Waals surface area contributed by atoms with Gasteiger partial charge in [0.1, 0.15) is 0 Å². The standard InChI is InChI=1S/C10H16N4/c1-7(8-3-2-5-12-8)9-4-6-13-10(11)14-9/h4,6-8,12H,2-3,5H2,1H3,(H2,11,13,14)/t7-,8-/m0/s1. The minimum atomic E-state index is 0.368. The summed E-state index contributed by atoms with van der Waals surface area (Å²) in [6, 6.07) is 2.49. The van der Waals surface area contributed by atoms with Gasteiger partial charge in [-0.15, -0.1) is 0 Å². The number of hydrogen-bond donors (Lipinski definition) is 2. The highest BCUT2D eigenvalue weighted by Crippen LogP contribution is 2.23. The van der Waals surface area contributed by atoms with Gasteiger partial charge in [-0.05, 0) is 25.5 Å². The van der Waals surface area contributed by atoms with Crippen LogP contribution in [0.1, 0.15) is 31.4 Å². The molecule has 0 radical (unpaired) electrons. The normalized spacial score (nSPS) is 23.6. The summed E-state index contributed by atoms with van der Waals surface area (Å²) in [5.41, 5.74) is 6.59. The third kappa shape index (κ3) is 1.85. The van der Waals surface area contributed by atoms with E-state index in [2.05, 4.69) is 22.2 Å². The molecular weight excluding hydrogens is 176 g/mol. The van der Waals surface area contributed by atoms with E-state index in [-0.39, 0.29) is 0 Å². The van der Waals surface area contributed by atoms with Crippen LogP contribution in [0, 0.1) is 0 Å². The second kappa shape index (κ2) is 3.92. The van der Waals surface area contributed by atoms with Crippen molar-refractivity contribution >= 4 is 5.95 Å². The highest BCUT2D eigenvalue weighted by atomic mass is 15.0. The van der Waals surface area contributed by atoms with Crippen molar-refractivity contribution in [3.8, 4) is 0 Å². The number of rotatable bonds is 2. The average Bonchev–Trinajstić information content (AvgIpc) is 2.69. The molecule has 2 heterocycles. The molecule has 4 heteroatoms. The van der Waals surface area contributed by atoms with Crippen molar-refractivity contribution in [1.29, 1.82) is 0 Å². The minimum Gasteiger partial charge on any atom is -0.368 e. The molecule has 1 saturated heterocycles. The number of nitrogens with zero attached hydrogens (tertiary/aromatic N) is 2. The van der Waals surface area contributed by atoms with Gasteiger partial charge in [-0.2, -0.15) is 0 Å². The Bertz CT molecular complexity index is 307. The smallest absolute Gasteiger partial charge is 0.220 e. The molecule has 0 bridgehead atoms. The predicted octanol–water partition coefficient (Wildman–Crippen LogP) is 0.914. The molecule has 0 unspecified atom stereocenters. The van der Waals surface area contributed by atoms with E-state index in [0.29, 0.717) is 17.9 Å². The van der Waals surface area contributed by atoms with Crippen LogP contribution in [0.15, 0.2) is 12.3 Å². The Hall–Kier alpha value is -1.16. The van der Waals surface area contributed by atoms with E-state index in [1.165, 1.54) is 12.8 Å².